The number of rotatable bonds is 7. The molecule has 2 N–H and O–H groups in total. The molecule has 0 fully saturated rings. The van der Waals surface area contributed by atoms with Gasteiger partial charge in [0.2, 0.25) is 0 Å². The summed E-state index contributed by atoms with van der Waals surface area (Å²) in [5, 5.41) is 1.22. The molecule has 0 atom stereocenters. The minimum Gasteiger partial charge on any atom is -0.383 e. The zero-order chi connectivity index (χ0) is 11.1. The third-order valence-electron chi connectivity index (χ3n) is 2.39. The highest BCUT2D eigenvalue weighted by atomic mass is 32.1. The first-order valence-electron chi connectivity index (χ1n) is 5.75. The molecule has 0 aliphatic carbocycles. The average Bonchev–Trinajstić information content (AvgIpc) is 2.65. The molecule has 4 heteroatoms. The number of anilines is 2. The van der Waals surface area contributed by atoms with E-state index in [1.165, 1.54) is 42.2 Å². The van der Waals surface area contributed by atoms with Gasteiger partial charge in [-0.3, -0.25) is 0 Å². The normalized spacial score (nSPS) is 10.5. The van der Waals surface area contributed by atoms with E-state index < -0.39 is 0 Å². The molecule has 1 heterocycles. The van der Waals surface area contributed by atoms with Gasteiger partial charge in [-0.25, -0.2) is 0 Å². The van der Waals surface area contributed by atoms with Crippen molar-refractivity contribution in [3.63, 3.8) is 0 Å². The van der Waals surface area contributed by atoms with Crippen LogP contribution in [0.4, 0.5) is 10.8 Å². The van der Waals surface area contributed by atoms with Gasteiger partial charge in [0.15, 0.2) is 0 Å². The van der Waals surface area contributed by atoms with Gasteiger partial charge in [-0.2, -0.15) is 4.37 Å². The molecule has 1 rings (SSSR count). The first kappa shape index (κ1) is 12.3. The molecule has 0 saturated heterocycles. The van der Waals surface area contributed by atoms with E-state index in [1.54, 1.807) is 0 Å². The first-order chi connectivity index (χ1) is 7.27. The van der Waals surface area contributed by atoms with E-state index >= 15 is 0 Å². The molecule has 0 unspecified atom stereocenters. The second kappa shape index (κ2) is 6.67. The highest BCUT2D eigenvalue weighted by molar-refractivity contribution is 7.10. The molecular formula is C11H21N3S. The summed E-state index contributed by atoms with van der Waals surface area (Å²) >= 11 is 1.51. The highest BCUT2D eigenvalue weighted by Crippen LogP contribution is 2.23. The Hall–Kier alpha value is -0.770. The Balaban J connectivity index is 2.54. The van der Waals surface area contributed by atoms with Crippen molar-refractivity contribution in [2.45, 2.75) is 39.5 Å². The van der Waals surface area contributed by atoms with E-state index in [0.717, 1.165) is 13.1 Å². The van der Waals surface area contributed by atoms with E-state index in [4.69, 9.17) is 5.73 Å². The standard InChI is InChI=1S/C11H21N3S/c1-3-5-7-14(8-6-4-2)11-9-10(12)13-15-11/h9H,3-8H2,1-2H3,(H2,12,13). The summed E-state index contributed by atoms with van der Waals surface area (Å²) in [5.41, 5.74) is 5.65. The van der Waals surface area contributed by atoms with Gasteiger partial charge in [-0.05, 0) is 24.4 Å². The lowest BCUT2D eigenvalue weighted by Gasteiger charge is -2.21. The van der Waals surface area contributed by atoms with E-state index in [2.05, 4.69) is 23.1 Å². The van der Waals surface area contributed by atoms with E-state index in [-0.39, 0.29) is 0 Å². The molecule has 0 bridgehead atoms. The molecule has 1 aromatic rings. The molecule has 0 radical (unpaired) electrons. The second-order valence-corrected chi connectivity index (χ2v) is 4.57. The fourth-order valence-corrected chi connectivity index (χ4v) is 2.18. The lowest BCUT2D eigenvalue weighted by molar-refractivity contribution is 0.682. The van der Waals surface area contributed by atoms with Crippen LogP contribution in [0, 0.1) is 0 Å². The number of unbranched alkanes of at least 4 members (excludes halogenated alkanes) is 2. The Kier molecular flexibility index (Phi) is 5.47. The van der Waals surface area contributed by atoms with Gasteiger partial charge in [-0.1, -0.05) is 26.7 Å². The van der Waals surface area contributed by atoms with Gasteiger partial charge in [0.05, 0.1) is 0 Å². The van der Waals surface area contributed by atoms with Crippen molar-refractivity contribution >= 4 is 22.4 Å². The smallest absolute Gasteiger partial charge is 0.139 e. The van der Waals surface area contributed by atoms with Gasteiger partial charge in [-0.15, -0.1) is 0 Å². The first-order valence-corrected chi connectivity index (χ1v) is 6.52. The average molecular weight is 227 g/mol. The predicted octanol–water partition coefficient (Wildman–Crippen LogP) is 3.13. The van der Waals surface area contributed by atoms with Crippen LogP contribution in [-0.4, -0.2) is 17.5 Å². The van der Waals surface area contributed by atoms with Crippen molar-refractivity contribution in [1.29, 1.82) is 0 Å². The number of nitrogen functional groups attached to an aromatic ring is 1. The van der Waals surface area contributed by atoms with E-state index in [0.29, 0.717) is 5.82 Å². The monoisotopic (exact) mass is 227 g/mol. The number of nitrogens with two attached hydrogens (primary N) is 1. The lowest BCUT2D eigenvalue weighted by Crippen LogP contribution is -2.24. The topological polar surface area (TPSA) is 42.1 Å². The Morgan fingerprint density at radius 2 is 1.87 bits per heavy atom. The molecule has 0 aliphatic heterocycles. The Morgan fingerprint density at radius 1 is 1.27 bits per heavy atom. The summed E-state index contributed by atoms with van der Waals surface area (Å²) in [7, 11) is 0. The van der Waals surface area contributed by atoms with Crippen LogP contribution in [0.15, 0.2) is 6.07 Å². The summed E-state index contributed by atoms with van der Waals surface area (Å²) in [5.74, 6) is 0.646. The minimum atomic E-state index is 0.646. The zero-order valence-electron chi connectivity index (χ0n) is 9.70. The van der Waals surface area contributed by atoms with Crippen molar-refractivity contribution in [2.75, 3.05) is 23.7 Å². The van der Waals surface area contributed by atoms with E-state index in [1.807, 2.05) is 6.07 Å². The summed E-state index contributed by atoms with van der Waals surface area (Å²) in [6.07, 6.45) is 4.94. The van der Waals surface area contributed by atoms with E-state index in [9.17, 15) is 0 Å². The van der Waals surface area contributed by atoms with Gasteiger partial charge >= 0.3 is 0 Å². The summed E-state index contributed by atoms with van der Waals surface area (Å²) < 4.78 is 4.13. The minimum absolute atomic E-state index is 0.646. The van der Waals surface area contributed by atoms with Crippen LogP contribution >= 0.6 is 11.5 Å². The number of hydrogen-bond acceptors (Lipinski definition) is 4. The van der Waals surface area contributed by atoms with Gasteiger partial charge in [0.25, 0.3) is 0 Å². The van der Waals surface area contributed by atoms with Crippen LogP contribution in [0.2, 0.25) is 0 Å². The number of nitrogens with zero attached hydrogens (tertiary/aromatic N) is 2. The lowest BCUT2D eigenvalue weighted by atomic mass is 10.2. The van der Waals surface area contributed by atoms with Crippen LogP contribution in [0.5, 0.6) is 0 Å². The summed E-state index contributed by atoms with van der Waals surface area (Å²) in [6.45, 7) is 6.69. The van der Waals surface area contributed by atoms with Gasteiger partial charge in [0, 0.05) is 19.2 Å². The summed E-state index contributed by atoms with van der Waals surface area (Å²) in [4.78, 5) is 2.40. The second-order valence-electron chi connectivity index (χ2n) is 3.78. The molecule has 0 amide bonds. The Labute approximate surface area is 96.5 Å². The van der Waals surface area contributed by atoms with Crippen molar-refractivity contribution in [3.05, 3.63) is 6.07 Å². The maximum absolute atomic E-state index is 5.65. The van der Waals surface area contributed by atoms with Crippen LogP contribution in [0.25, 0.3) is 0 Å². The maximum Gasteiger partial charge on any atom is 0.139 e. The fourth-order valence-electron chi connectivity index (χ4n) is 1.46. The van der Waals surface area contributed by atoms with Gasteiger partial charge < -0.3 is 10.6 Å². The molecule has 3 nitrogen and oxygen atoms in total. The molecule has 15 heavy (non-hydrogen) atoms. The molecule has 0 aromatic carbocycles. The van der Waals surface area contributed by atoms with Crippen LogP contribution in [0.1, 0.15) is 39.5 Å². The van der Waals surface area contributed by atoms with Crippen LogP contribution < -0.4 is 10.6 Å². The maximum atomic E-state index is 5.65. The molecular weight excluding hydrogens is 206 g/mol. The van der Waals surface area contributed by atoms with Crippen LogP contribution in [-0.2, 0) is 0 Å². The molecule has 86 valence electrons. The molecule has 1 aromatic heterocycles. The fraction of sp³-hybridized carbons (Fsp3) is 0.727. The number of hydrogen-bond donors (Lipinski definition) is 1. The SMILES string of the molecule is CCCCN(CCCC)c1cc(N)ns1. The zero-order valence-corrected chi connectivity index (χ0v) is 10.5. The molecule has 0 spiro atoms. The van der Waals surface area contributed by atoms with Gasteiger partial charge in [0.1, 0.15) is 10.8 Å². The highest BCUT2D eigenvalue weighted by Gasteiger charge is 2.08. The third kappa shape index (κ3) is 4.08. The van der Waals surface area contributed by atoms with Crippen molar-refractivity contribution in [2.24, 2.45) is 0 Å². The third-order valence-corrected chi connectivity index (χ3v) is 3.26. The predicted molar refractivity (Wildman–Crippen MR) is 68.6 cm³/mol. The van der Waals surface area contributed by atoms with Crippen molar-refractivity contribution < 1.29 is 0 Å². The van der Waals surface area contributed by atoms with Crippen molar-refractivity contribution in [3.8, 4) is 0 Å². The molecule has 0 saturated carbocycles. The Bertz CT molecular complexity index is 265. The largest absolute Gasteiger partial charge is 0.383 e. The Morgan fingerprint density at radius 3 is 2.27 bits per heavy atom. The quantitative estimate of drug-likeness (QED) is 0.778. The van der Waals surface area contributed by atoms with Crippen LogP contribution in [0.3, 0.4) is 0 Å². The summed E-state index contributed by atoms with van der Waals surface area (Å²) in [6, 6.07) is 1.98. The van der Waals surface area contributed by atoms with Crippen molar-refractivity contribution in [1.82, 2.24) is 4.37 Å². The number of aromatic nitrogens is 1. The molecule has 0 aliphatic rings.